The first-order chi connectivity index (χ1) is 6.24. The molecule has 1 aromatic carbocycles. The van der Waals surface area contributed by atoms with Gasteiger partial charge in [0.25, 0.3) is 0 Å². The zero-order valence-corrected chi connectivity index (χ0v) is 8.23. The average Bonchev–Trinajstić information content (AvgIpc) is 2.09. The van der Waals surface area contributed by atoms with Crippen LogP contribution in [0.3, 0.4) is 0 Å². The highest BCUT2D eigenvalue weighted by Crippen LogP contribution is 2.22. The number of benzene rings is 1. The Kier molecular flexibility index (Phi) is 3.96. The lowest BCUT2D eigenvalue weighted by Crippen LogP contribution is -1.85. The molecule has 0 aliphatic carbocycles. The van der Waals surface area contributed by atoms with E-state index in [1.54, 1.807) is 17.8 Å². The summed E-state index contributed by atoms with van der Waals surface area (Å²) in [6.07, 6.45) is 1.44. The second kappa shape index (κ2) is 5.02. The van der Waals surface area contributed by atoms with Crippen LogP contribution in [-0.2, 0) is 4.79 Å². The maximum absolute atomic E-state index is 12.7. The van der Waals surface area contributed by atoms with E-state index in [1.807, 2.05) is 6.92 Å². The van der Waals surface area contributed by atoms with Crippen molar-refractivity contribution in [3.8, 4) is 0 Å². The lowest BCUT2D eigenvalue weighted by atomic mass is 10.2. The Morgan fingerprint density at radius 1 is 1.54 bits per heavy atom. The molecular weight excluding hydrogens is 187 g/mol. The van der Waals surface area contributed by atoms with Gasteiger partial charge in [0.15, 0.2) is 0 Å². The van der Waals surface area contributed by atoms with E-state index in [2.05, 4.69) is 0 Å². The predicted octanol–water partition coefficient (Wildman–Crippen LogP) is 2.82. The Labute approximate surface area is 81.3 Å². The van der Waals surface area contributed by atoms with Crippen molar-refractivity contribution >= 4 is 18.0 Å². The maximum Gasteiger partial charge on any atom is 0.123 e. The van der Waals surface area contributed by atoms with Crippen LogP contribution in [0.5, 0.6) is 0 Å². The topological polar surface area (TPSA) is 17.1 Å². The summed E-state index contributed by atoms with van der Waals surface area (Å²) in [6.45, 7) is 1.87. The number of hydrogen-bond acceptors (Lipinski definition) is 2. The normalized spacial score (nSPS) is 10.0. The van der Waals surface area contributed by atoms with Crippen LogP contribution in [0.2, 0.25) is 0 Å². The number of halogens is 1. The second-order valence-corrected chi connectivity index (χ2v) is 3.85. The minimum Gasteiger partial charge on any atom is -0.303 e. The number of hydrogen-bond donors (Lipinski definition) is 0. The molecular formula is C10H11FOS. The molecule has 0 atom stereocenters. The number of aldehydes is 1. The molecule has 13 heavy (non-hydrogen) atoms. The predicted molar refractivity (Wildman–Crippen MR) is 52.5 cm³/mol. The molecule has 0 aromatic heterocycles. The van der Waals surface area contributed by atoms with Crippen molar-refractivity contribution in [3.05, 3.63) is 29.6 Å². The molecule has 1 rings (SSSR count). The number of rotatable bonds is 4. The SMILES string of the molecule is Cc1cc(F)ccc1SCCC=O. The maximum atomic E-state index is 12.7. The van der Waals surface area contributed by atoms with Gasteiger partial charge in [-0.2, -0.15) is 0 Å². The Morgan fingerprint density at radius 3 is 2.92 bits per heavy atom. The van der Waals surface area contributed by atoms with Gasteiger partial charge in [-0.3, -0.25) is 0 Å². The van der Waals surface area contributed by atoms with Crippen molar-refractivity contribution in [3.63, 3.8) is 0 Å². The minimum absolute atomic E-state index is 0.211. The van der Waals surface area contributed by atoms with Crippen LogP contribution in [0, 0.1) is 12.7 Å². The van der Waals surface area contributed by atoms with E-state index in [1.165, 1.54) is 12.1 Å². The molecule has 0 heterocycles. The van der Waals surface area contributed by atoms with Gasteiger partial charge >= 0.3 is 0 Å². The zero-order chi connectivity index (χ0) is 9.68. The van der Waals surface area contributed by atoms with Crippen LogP contribution in [0.25, 0.3) is 0 Å². The van der Waals surface area contributed by atoms with Gasteiger partial charge in [-0.05, 0) is 30.7 Å². The van der Waals surface area contributed by atoms with Crippen LogP contribution in [0.1, 0.15) is 12.0 Å². The van der Waals surface area contributed by atoms with Gasteiger partial charge in [-0.1, -0.05) is 0 Å². The van der Waals surface area contributed by atoms with E-state index in [0.717, 1.165) is 22.5 Å². The Bertz CT molecular complexity index is 299. The Balaban J connectivity index is 2.61. The average molecular weight is 198 g/mol. The highest BCUT2D eigenvalue weighted by molar-refractivity contribution is 7.99. The first-order valence-electron chi connectivity index (χ1n) is 4.06. The van der Waals surface area contributed by atoms with Crippen molar-refractivity contribution in [2.75, 3.05) is 5.75 Å². The highest BCUT2D eigenvalue weighted by Gasteiger charge is 1.99. The first-order valence-corrected chi connectivity index (χ1v) is 5.05. The number of carbonyl (C=O) groups is 1. The number of carbonyl (C=O) groups excluding carboxylic acids is 1. The molecule has 70 valence electrons. The Hall–Kier alpha value is -0.830. The van der Waals surface area contributed by atoms with E-state index in [9.17, 15) is 9.18 Å². The lowest BCUT2D eigenvalue weighted by Gasteiger charge is -2.03. The van der Waals surface area contributed by atoms with E-state index in [0.29, 0.717) is 6.42 Å². The monoisotopic (exact) mass is 198 g/mol. The summed E-state index contributed by atoms with van der Waals surface area (Å²) >= 11 is 1.58. The summed E-state index contributed by atoms with van der Waals surface area (Å²) in [5, 5.41) is 0. The number of aryl methyl sites for hydroxylation is 1. The van der Waals surface area contributed by atoms with Crippen LogP contribution < -0.4 is 0 Å². The van der Waals surface area contributed by atoms with Gasteiger partial charge < -0.3 is 4.79 Å². The van der Waals surface area contributed by atoms with E-state index in [-0.39, 0.29) is 5.82 Å². The summed E-state index contributed by atoms with van der Waals surface area (Å²) < 4.78 is 12.7. The zero-order valence-electron chi connectivity index (χ0n) is 7.42. The number of thioether (sulfide) groups is 1. The third-order valence-corrected chi connectivity index (χ3v) is 2.84. The van der Waals surface area contributed by atoms with Crippen LogP contribution in [0.15, 0.2) is 23.1 Å². The third kappa shape index (κ3) is 3.19. The largest absolute Gasteiger partial charge is 0.303 e. The summed E-state index contributed by atoms with van der Waals surface area (Å²) in [7, 11) is 0. The van der Waals surface area contributed by atoms with Crippen LogP contribution >= 0.6 is 11.8 Å². The minimum atomic E-state index is -0.211. The molecule has 1 aromatic rings. The molecule has 0 N–H and O–H groups in total. The van der Waals surface area contributed by atoms with Gasteiger partial charge in [0.1, 0.15) is 12.1 Å². The highest BCUT2D eigenvalue weighted by atomic mass is 32.2. The third-order valence-electron chi connectivity index (χ3n) is 1.63. The summed E-state index contributed by atoms with van der Waals surface area (Å²) in [4.78, 5) is 11.1. The molecule has 0 radical (unpaired) electrons. The molecule has 1 nitrogen and oxygen atoms in total. The van der Waals surface area contributed by atoms with Gasteiger partial charge in [-0.25, -0.2) is 4.39 Å². The molecule has 0 spiro atoms. The molecule has 0 fully saturated rings. The van der Waals surface area contributed by atoms with Gasteiger partial charge in [-0.15, -0.1) is 11.8 Å². The first kappa shape index (κ1) is 10.3. The molecule has 0 saturated heterocycles. The summed E-state index contributed by atoms with van der Waals surface area (Å²) in [5.41, 5.74) is 0.927. The van der Waals surface area contributed by atoms with Gasteiger partial charge in [0.2, 0.25) is 0 Å². The summed E-state index contributed by atoms with van der Waals surface area (Å²) in [5.74, 6) is 0.549. The fourth-order valence-corrected chi connectivity index (χ4v) is 1.88. The standard InChI is InChI=1S/C10H11FOS/c1-8-7-9(11)3-4-10(8)13-6-2-5-12/h3-5,7H,2,6H2,1H3. The van der Waals surface area contributed by atoms with Crippen molar-refractivity contribution in [2.45, 2.75) is 18.2 Å². The molecule has 0 amide bonds. The van der Waals surface area contributed by atoms with Gasteiger partial charge in [0, 0.05) is 17.1 Å². The molecule has 3 heteroatoms. The summed E-state index contributed by atoms with van der Waals surface area (Å²) in [6, 6.07) is 4.69. The van der Waals surface area contributed by atoms with Crippen LogP contribution in [-0.4, -0.2) is 12.0 Å². The van der Waals surface area contributed by atoms with E-state index >= 15 is 0 Å². The van der Waals surface area contributed by atoms with Crippen molar-refractivity contribution in [2.24, 2.45) is 0 Å². The van der Waals surface area contributed by atoms with Crippen molar-refractivity contribution in [1.29, 1.82) is 0 Å². The quantitative estimate of drug-likeness (QED) is 0.420. The molecule has 0 aliphatic heterocycles. The second-order valence-electron chi connectivity index (χ2n) is 2.71. The molecule has 0 bridgehead atoms. The van der Waals surface area contributed by atoms with E-state index in [4.69, 9.17) is 0 Å². The Morgan fingerprint density at radius 2 is 2.31 bits per heavy atom. The van der Waals surface area contributed by atoms with Gasteiger partial charge in [0.05, 0.1) is 0 Å². The van der Waals surface area contributed by atoms with Crippen molar-refractivity contribution < 1.29 is 9.18 Å². The van der Waals surface area contributed by atoms with E-state index < -0.39 is 0 Å². The molecule has 0 unspecified atom stereocenters. The molecule has 0 saturated carbocycles. The lowest BCUT2D eigenvalue weighted by molar-refractivity contribution is -0.107. The smallest absolute Gasteiger partial charge is 0.123 e. The fraction of sp³-hybridized carbons (Fsp3) is 0.300. The molecule has 0 aliphatic rings. The fourth-order valence-electron chi connectivity index (χ4n) is 0.992. The van der Waals surface area contributed by atoms with Crippen LogP contribution in [0.4, 0.5) is 4.39 Å². The van der Waals surface area contributed by atoms with Crippen molar-refractivity contribution in [1.82, 2.24) is 0 Å².